The molecule has 1 unspecified atom stereocenters. The third-order valence-electron chi connectivity index (χ3n) is 4.20. The van der Waals surface area contributed by atoms with Gasteiger partial charge in [0.25, 0.3) is 0 Å². The van der Waals surface area contributed by atoms with Crippen LogP contribution in [0.25, 0.3) is 10.4 Å². The van der Waals surface area contributed by atoms with Crippen LogP contribution in [0.2, 0.25) is 0 Å². The maximum absolute atomic E-state index is 5.62. The van der Waals surface area contributed by atoms with Crippen LogP contribution in [-0.4, -0.2) is 45.6 Å². The Kier molecular flexibility index (Phi) is 6.12. The molecular formula is C18H24N2O4S. The fourth-order valence-electron chi connectivity index (χ4n) is 2.88. The lowest BCUT2D eigenvalue weighted by Gasteiger charge is -2.13. The first-order chi connectivity index (χ1) is 12.2. The minimum atomic E-state index is 0.338. The van der Waals surface area contributed by atoms with Crippen LogP contribution in [0.3, 0.4) is 0 Å². The minimum absolute atomic E-state index is 0.338. The van der Waals surface area contributed by atoms with Gasteiger partial charge in [0.1, 0.15) is 10.8 Å². The summed E-state index contributed by atoms with van der Waals surface area (Å²) in [5, 5.41) is 4.46. The van der Waals surface area contributed by atoms with Gasteiger partial charge in [-0.1, -0.05) is 0 Å². The van der Waals surface area contributed by atoms with Gasteiger partial charge in [-0.15, -0.1) is 11.3 Å². The first kappa shape index (κ1) is 18.0. The molecule has 0 amide bonds. The molecule has 7 heteroatoms. The summed E-state index contributed by atoms with van der Waals surface area (Å²) >= 11 is 1.64. The first-order valence-electron chi connectivity index (χ1n) is 8.32. The van der Waals surface area contributed by atoms with Crippen molar-refractivity contribution in [2.75, 3.05) is 34.5 Å². The van der Waals surface area contributed by atoms with Crippen molar-refractivity contribution in [2.45, 2.75) is 25.5 Å². The largest absolute Gasteiger partial charge is 0.496 e. The van der Waals surface area contributed by atoms with Crippen molar-refractivity contribution in [3.8, 4) is 27.7 Å². The van der Waals surface area contributed by atoms with Gasteiger partial charge >= 0.3 is 0 Å². The van der Waals surface area contributed by atoms with E-state index in [1.165, 1.54) is 0 Å². The van der Waals surface area contributed by atoms with Crippen LogP contribution in [0.5, 0.6) is 17.2 Å². The molecule has 1 aromatic heterocycles. The number of thiazole rings is 1. The van der Waals surface area contributed by atoms with Crippen molar-refractivity contribution in [2.24, 2.45) is 0 Å². The average molecular weight is 364 g/mol. The number of nitrogens with zero attached hydrogens (tertiary/aromatic N) is 1. The van der Waals surface area contributed by atoms with Crippen LogP contribution in [-0.2, 0) is 11.3 Å². The van der Waals surface area contributed by atoms with E-state index >= 15 is 0 Å². The van der Waals surface area contributed by atoms with Crippen molar-refractivity contribution < 1.29 is 18.9 Å². The van der Waals surface area contributed by atoms with E-state index < -0.39 is 0 Å². The number of hydrogen-bond acceptors (Lipinski definition) is 7. The number of benzene rings is 1. The van der Waals surface area contributed by atoms with Gasteiger partial charge in [-0.05, 0) is 18.9 Å². The average Bonchev–Trinajstić information content (AvgIpc) is 3.32. The van der Waals surface area contributed by atoms with Gasteiger partial charge in [-0.3, -0.25) is 0 Å². The highest BCUT2D eigenvalue weighted by atomic mass is 32.1. The number of nitrogens with one attached hydrogen (secondary N) is 1. The van der Waals surface area contributed by atoms with Gasteiger partial charge in [0, 0.05) is 37.5 Å². The van der Waals surface area contributed by atoms with E-state index in [4.69, 9.17) is 18.9 Å². The van der Waals surface area contributed by atoms with Crippen LogP contribution < -0.4 is 19.5 Å². The van der Waals surface area contributed by atoms with Crippen molar-refractivity contribution in [3.05, 3.63) is 23.3 Å². The molecule has 1 atom stereocenters. The second-order valence-electron chi connectivity index (χ2n) is 5.79. The molecule has 1 aliphatic rings. The summed E-state index contributed by atoms with van der Waals surface area (Å²) in [6.07, 6.45) is 4.51. The zero-order valence-corrected chi connectivity index (χ0v) is 15.6. The summed E-state index contributed by atoms with van der Waals surface area (Å²) < 4.78 is 21.9. The van der Waals surface area contributed by atoms with Crippen LogP contribution in [0, 0.1) is 0 Å². The van der Waals surface area contributed by atoms with E-state index in [1.807, 2.05) is 18.3 Å². The van der Waals surface area contributed by atoms with Gasteiger partial charge in [0.05, 0.1) is 32.3 Å². The number of methoxy groups -OCH3 is 3. The quantitative estimate of drug-likeness (QED) is 0.777. The highest BCUT2D eigenvalue weighted by Gasteiger charge is 2.17. The lowest BCUT2D eigenvalue weighted by molar-refractivity contribution is 0.110. The molecule has 136 valence electrons. The first-order valence-corrected chi connectivity index (χ1v) is 9.14. The molecule has 1 N–H and O–H groups in total. The maximum Gasteiger partial charge on any atom is 0.164 e. The summed E-state index contributed by atoms with van der Waals surface area (Å²) in [5.74, 6) is 2.05. The third kappa shape index (κ3) is 4.23. The standard InChI is InChI=1S/C18H24N2O4S/c1-21-14-8-16(23-3)15(22-2)7-13(14)17-10-20-18(25-17)11-19-9-12-5-4-6-24-12/h7-8,10,12,19H,4-6,9,11H2,1-3H3. The smallest absolute Gasteiger partial charge is 0.164 e. The monoisotopic (exact) mass is 364 g/mol. The maximum atomic E-state index is 5.62. The fourth-order valence-corrected chi connectivity index (χ4v) is 3.79. The van der Waals surface area contributed by atoms with Crippen molar-refractivity contribution in [1.29, 1.82) is 0 Å². The third-order valence-corrected chi connectivity index (χ3v) is 5.23. The van der Waals surface area contributed by atoms with Gasteiger partial charge in [-0.2, -0.15) is 0 Å². The fraction of sp³-hybridized carbons (Fsp3) is 0.500. The van der Waals surface area contributed by atoms with Crippen LogP contribution in [0.4, 0.5) is 0 Å². The Morgan fingerprint density at radius 2 is 1.92 bits per heavy atom. The summed E-state index contributed by atoms with van der Waals surface area (Å²) in [7, 11) is 4.89. The highest BCUT2D eigenvalue weighted by molar-refractivity contribution is 7.15. The topological polar surface area (TPSA) is 61.8 Å². The summed E-state index contributed by atoms with van der Waals surface area (Å²) in [4.78, 5) is 5.55. The molecule has 6 nitrogen and oxygen atoms in total. The normalized spacial score (nSPS) is 16.8. The van der Waals surface area contributed by atoms with Gasteiger partial charge in [0.15, 0.2) is 11.5 Å². The Balaban J connectivity index is 1.72. The number of rotatable bonds is 8. The number of hydrogen-bond donors (Lipinski definition) is 1. The Hall–Kier alpha value is -1.83. The zero-order chi connectivity index (χ0) is 17.6. The van der Waals surface area contributed by atoms with E-state index in [1.54, 1.807) is 32.7 Å². The highest BCUT2D eigenvalue weighted by Crippen LogP contribution is 2.41. The second-order valence-corrected chi connectivity index (χ2v) is 6.91. The molecule has 1 aromatic carbocycles. The van der Waals surface area contributed by atoms with Gasteiger partial charge in [-0.25, -0.2) is 4.98 Å². The number of aromatic nitrogens is 1. The van der Waals surface area contributed by atoms with Crippen LogP contribution >= 0.6 is 11.3 Å². The molecule has 0 saturated carbocycles. The lowest BCUT2D eigenvalue weighted by Crippen LogP contribution is -2.25. The Bertz CT molecular complexity index is 698. The van der Waals surface area contributed by atoms with E-state index in [9.17, 15) is 0 Å². The molecule has 0 spiro atoms. The molecule has 25 heavy (non-hydrogen) atoms. The molecule has 2 aromatic rings. The molecule has 1 fully saturated rings. The predicted molar refractivity (Wildman–Crippen MR) is 97.9 cm³/mol. The molecule has 0 aliphatic carbocycles. The second kappa shape index (κ2) is 8.51. The van der Waals surface area contributed by atoms with Crippen molar-refractivity contribution in [3.63, 3.8) is 0 Å². The molecule has 1 aliphatic heterocycles. The molecule has 0 bridgehead atoms. The molecule has 1 saturated heterocycles. The van der Waals surface area contributed by atoms with Crippen molar-refractivity contribution in [1.82, 2.24) is 10.3 Å². The molecular weight excluding hydrogens is 340 g/mol. The van der Waals surface area contributed by atoms with E-state index in [-0.39, 0.29) is 0 Å². The molecule has 3 rings (SSSR count). The number of ether oxygens (including phenoxy) is 4. The lowest BCUT2D eigenvalue weighted by atomic mass is 10.1. The molecule has 0 radical (unpaired) electrons. The summed E-state index contributed by atoms with van der Waals surface area (Å²) in [5.41, 5.74) is 0.947. The zero-order valence-electron chi connectivity index (χ0n) is 14.8. The Morgan fingerprint density at radius 3 is 2.60 bits per heavy atom. The summed E-state index contributed by atoms with van der Waals surface area (Å²) in [6.45, 7) is 2.49. The van der Waals surface area contributed by atoms with Gasteiger partial charge < -0.3 is 24.3 Å². The Morgan fingerprint density at radius 1 is 1.16 bits per heavy atom. The van der Waals surface area contributed by atoms with E-state index in [0.717, 1.165) is 53.7 Å². The predicted octanol–water partition coefficient (Wildman–Crippen LogP) is 3.10. The van der Waals surface area contributed by atoms with Crippen LogP contribution in [0.15, 0.2) is 18.3 Å². The summed E-state index contributed by atoms with van der Waals surface area (Å²) in [6, 6.07) is 3.76. The minimum Gasteiger partial charge on any atom is -0.496 e. The Labute approximate surface area is 152 Å². The molecule has 2 heterocycles. The SMILES string of the molecule is COc1cc(OC)c(-c2cnc(CNCC3CCCO3)s2)cc1OC. The van der Waals surface area contributed by atoms with E-state index in [0.29, 0.717) is 17.6 Å². The van der Waals surface area contributed by atoms with Crippen molar-refractivity contribution >= 4 is 11.3 Å². The van der Waals surface area contributed by atoms with E-state index in [2.05, 4.69) is 10.3 Å². The van der Waals surface area contributed by atoms with Gasteiger partial charge in [0.2, 0.25) is 0 Å². The van der Waals surface area contributed by atoms with Crippen LogP contribution in [0.1, 0.15) is 17.8 Å².